The van der Waals surface area contributed by atoms with Crippen molar-refractivity contribution in [1.29, 1.82) is 5.41 Å². The van der Waals surface area contributed by atoms with E-state index in [4.69, 9.17) is 16.9 Å². The Kier molecular flexibility index (Phi) is 2.92. The quantitative estimate of drug-likeness (QED) is 0.401. The highest BCUT2D eigenvalue weighted by Gasteiger charge is 2.23. The lowest BCUT2D eigenvalue weighted by atomic mass is 10.0. The molecule has 0 aromatic heterocycles. The van der Waals surface area contributed by atoms with Gasteiger partial charge in [0.25, 0.3) is 0 Å². The third-order valence-corrected chi connectivity index (χ3v) is 2.33. The summed E-state index contributed by atoms with van der Waals surface area (Å²) in [5, 5.41) is 7.24. The van der Waals surface area contributed by atoms with Gasteiger partial charge < -0.3 is 16.4 Å². The monoisotopic (exact) mass is 170 g/mol. The standard InChI is InChI=1S/C8H18N4/c1-6(9)4-7-2-3-12(5-7)8(10)11/h6-7H,2-5,9H2,1H3,(H3,10,11). The second-order valence-electron chi connectivity index (χ2n) is 3.70. The minimum Gasteiger partial charge on any atom is -0.370 e. The lowest BCUT2D eigenvalue weighted by Crippen LogP contribution is -2.34. The van der Waals surface area contributed by atoms with Crippen LogP contribution in [-0.4, -0.2) is 30.0 Å². The van der Waals surface area contributed by atoms with Gasteiger partial charge in [-0.2, -0.15) is 0 Å². The van der Waals surface area contributed by atoms with Crippen molar-refractivity contribution in [2.45, 2.75) is 25.8 Å². The molecular formula is C8H18N4. The largest absolute Gasteiger partial charge is 0.370 e. The minimum atomic E-state index is 0.196. The Morgan fingerprint density at radius 2 is 2.42 bits per heavy atom. The molecule has 1 aliphatic heterocycles. The summed E-state index contributed by atoms with van der Waals surface area (Å²) < 4.78 is 0. The predicted molar refractivity (Wildman–Crippen MR) is 49.9 cm³/mol. The fourth-order valence-corrected chi connectivity index (χ4v) is 1.77. The molecule has 2 atom stereocenters. The van der Waals surface area contributed by atoms with Crippen LogP contribution in [0.3, 0.4) is 0 Å². The molecule has 0 bridgehead atoms. The molecule has 1 heterocycles. The Hall–Kier alpha value is -0.770. The summed E-state index contributed by atoms with van der Waals surface area (Å²) in [6.07, 6.45) is 2.17. The van der Waals surface area contributed by atoms with E-state index in [1.807, 2.05) is 11.8 Å². The Morgan fingerprint density at radius 1 is 1.75 bits per heavy atom. The summed E-state index contributed by atoms with van der Waals surface area (Å²) in [4.78, 5) is 1.91. The number of nitrogens with zero attached hydrogens (tertiary/aromatic N) is 1. The average molecular weight is 170 g/mol. The Bertz CT molecular complexity index is 166. The summed E-state index contributed by atoms with van der Waals surface area (Å²) in [5.74, 6) is 0.830. The van der Waals surface area contributed by atoms with Crippen molar-refractivity contribution in [3.63, 3.8) is 0 Å². The summed E-state index contributed by atoms with van der Waals surface area (Å²) in [5.41, 5.74) is 11.1. The molecule has 0 saturated carbocycles. The van der Waals surface area contributed by atoms with E-state index >= 15 is 0 Å². The molecule has 4 nitrogen and oxygen atoms in total. The molecule has 12 heavy (non-hydrogen) atoms. The van der Waals surface area contributed by atoms with Crippen LogP contribution in [0.25, 0.3) is 0 Å². The van der Waals surface area contributed by atoms with Crippen LogP contribution in [0.5, 0.6) is 0 Å². The average Bonchev–Trinajstić information content (AvgIpc) is 2.34. The molecule has 0 aliphatic carbocycles. The van der Waals surface area contributed by atoms with E-state index in [2.05, 4.69) is 0 Å². The maximum Gasteiger partial charge on any atom is 0.188 e. The van der Waals surface area contributed by atoms with Crippen LogP contribution in [0.2, 0.25) is 0 Å². The van der Waals surface area contributed by atoms with Crippen LogP contribution >= 0.6 is 0 Å². The summed E-state index contributed by atoms with van der Waals surface area (Å²) in [6.45, 7) is 3.86. The molecule has 70 valence electrons. The van der Waals surface area contributed by atoms with Crippen molar-refractivity contribution in [1.82, 2.24) is 4.90 Å². The number of likely N-dealkylation sites (tertiary alicyclic amines) is 1. The van der Waals surface area contributed by atoms with Crippen LogP contribution < -0.4 is 11.5 Å². The van der Waals surface area contributed by atoms with Gasteiger partial charge in [-0.05, 0) is 25.7 Å². The molecule has 1 saturated heterocycles. The first kappa shape index (κ1) is 9.32. The highest BCUT2D eigenvalue weighted by atomic mass is 15.2. The van der Waals surface area contributed by atoms with Crippen molar-refractivity contribution in [2.24, 2.45) is 17.4 Å². The second kappa shape index (κ2) is 3.76. The summed E-state index contributed by atoms with van der Waals surface area (Å²) in [6, 6.07) is 0.266. The number of nitrogens with two attached hydrogens (primary N) is 2. The van der Waals surface area contributed by atoms with Crippen molar-refractivity contribution in [3.8, 4) is 0 Å². The lowest BCUT2D eigenvalue weighted by molar-refractivity contribution is 0.434. The van der Waals surface area contributed by atoms with E-state index in [0.717, 1.165) is 25.9 Å². The summed E-state index contributed by atoms with van der Waals surface area (Å²) >= 11 is 0. The Morgan fingerprint density at radius 3 is 2.83 bits per heavy atom. The fraction of sp³-hybridized carbons (Fsp3) is 0.875. The molecule has 1 fully saturated rings. The number of guanidine groups is 1. The maximum absolute atomic E-state index is 7.24. The van der Waals surface area contributed by atoms with Gasteiger partial charge in [-0.1, -0.05) is 0 Å². The number of hydrogen-bond acceptors (Lipinski definition) is 2. The van der Waals surface area contributed by atoms with Crippen LogP contribution in [0, 0.1) is 11.3 Å². The van der Waals surface area contributed by atoms with Gasteiger partial charge in [-0.15, -0.1) is 0 Å². The molecule has 5 N–H and O–H groups in total. The van der Waals surface area contributed by atoms with Gasteiger partial charge in [-0.3, -0.25) is 5.41 Å². The van der Waals surface area contributed by atoms with Gasteiger partial charge in [0.2, 0.25) is 0 Å². The lowest BCUT2D eigenvalue weighted by Gasteiger charge is -2.16. The van der Waals surface area contributed by atoms with Gasteiger partial charge in [0.1, 0.15) is 0 Å². The molecule has 0 amide bonds. The second-order valence-corrected chi connectivity index (χ2v) is 3.70. The molecule has 1 rings (SSSR count). The third kappa shape index (κ3) is 2.37. The topological polar surface area (TPSA) is 79.1 Å². The van der Waals surface area contributed by atoms with Crippen molar-refractivity contribution in [3.05, 3.63) is 0 Å². The van der Waals surface area contributed by atoms with Crippen LogP contribution in [0.15, 0.2) is 0 Å². The van der Waals surface area contributed by atoms with Gasteiger partial charge in [0.05, 0.1) is 0 Å². The van der Waals surface area contributed by atoms with E-state index in [1.54, 1.807) is 0 Å². The normalized spacial score (nSPS) is 25.8. The van der Waals surface area contributed by atoms with E-state index < -0.39 is 0 Å². The third-order valence-electron chi connectivity index (χ3n) is 2.33. The molecule has 1 aliphatic rings. The minimum absolute atomic E-state index is 0.196. The van der Waals surface area contributed by atoms with E-state index in [1.165, 1.54) is 0 Å². The van der Waals surface area contributed by atoms with Gasteiger partial charge in [0, 0.05) is 19.1 Å². The Balaban J connectivity index is 2.30. The van der Waals surface area contributed by atoms with Crippen LogP contribution in [0.1, 0.15) is 19.8 Å². The van der Waals surface area contributed by atoms with Gasteiger partial charge >= 0.3 is 0 Å². The van der Waals surface area contributed by atoms with E-state index in [-0.39, 0.29) is 12.0 Å². The molecule has 4 heteroatoms. The van der Waals surface area contributed by atoms with Gasteiger partial charge in [0.15, 0.2) is 5.96 Å². The molecular weight excluding hydrogens is 152 g/mol. The van der Waals surface area contributed by atoms with Crippen molar-refractivity contribution < 1.29 is 0 Å². The number of nitrogens with one attached hydrogen (secondary N) is 1. The molecule has 0 aromatic rings. The fourth-order valence-electron chi connectivity index (χ4n) is 1.77. The maximum atomic E-state index is 7.24. The molecule has 0 radical (unpaired) electrons. The number of rotatable bonds is 2. The van der Waals surface area contributed by atoms with Crippen LogP contribution in [-0.2, 0) is 0 Å². The molecule has 0 spiro atoms. The molecule has 0 aromatic carbocycles. The number of hydrogen-bond donors (Lipinski definition) is 3. The zero-order valence-electron chi connectivity index (χ0n) is 7.59. The molecule has 2 unspecified atom stereocenters. The van der Waals surface area contributed by atoms with Crippen molar-refractivity contribution in [2.75, 3.05) is 13.1 Å². The summed E-state index contributed by atoms with van der Waals surface area (Å²) in [7, 11) is 0. The zero-order valence-corrected chi connectivity index (χ0v) is 7.59. The first-order valence-corrected chi connectivity index (χ1v) is 4.44. The predicted octanol–water partition coefficient (Wildman–Crippen LogP) is -0.0609. The van der Waals surface area contributed by atoms with Gasteiger partial charge in [-0.25, -0.2) is 0 Å². The SMILES string of the molecule is CC(N)CC1CCN(C(=N)N)C1. The highest BCUT2D eigenvalue weighted by molar-refractivity contribution is 5.74. The van der Waals surface area contributed by atoms with Crippen molar-refractivity contribution >= 4 is 5.96 Å². The van der Waals surface area contributed by atoms with E-state index in [0.29, 0.717) is 5.92 Å². The van der Waals surface area contributed by atoms with Crippen LogP contribution in [0.4, 0.5) is 0 Å². The first-order chi connectivity index (χ1) is 5.59. The Labute approximate surface area is 73.4 Å². The van der Waals surface area contributed by atoms with E-state index in [9.17, 15) is 0 Å². The smallest absolute Gasteiger partial charge is 0.188 e. The zero-order chi connectivity index (χ0) is 9.14. The first-order valence-electron chi connectivity index (χ1n) is 4.44. The highest BCUT2D eigenvalue weighted by Crippen LogP contribution is 2.19.